The lowest BCUT2D eigenvalue weighted by Gasteiger charge is -2.35. The van der Waals surface area contributed by atoms with Crippen LogP contribution in [0.1, 0.15) is 41.5 Å². The van der Waals surface area contributed by atoms with Crippen molar-refractivity contribution in [2.75, 3.05) is 0 Å². The van der Waals surface area contributed by atoms with Crippen molar-refractivity contribution in [1.82, 2.24) is 0 Å². The molecule has 2 aliphatic rings. The molecule has 126 valence electrons. The van der Waals surface area contributed by atoms with E-state index >= 15 is 0 Å². The zero-order valence-electron chi connectivity index (χ0n) is 14.5. The summed E-state index contributed by atoms with van der Waals surface area (Å²) in [6.07, 6.45) is 6.61. The molecule has 2 heteroatoms. The van der Waals surface area contributed by atoms with Crippen LogP contribution in [0.4, 0.5) is 0 Å². The third kappa shape index (κ3) is 2.48. The average molecular weight is 330 g/mol. The number of hydrogen-bond donors (Lipinski definition) is 0. The summed E-state index contributed by atoms with van der Waals surface area (Å²) < 4.78 is 0. The van der Waals surface area contributed by atoms with Crippen LogP contribution in [0.5, 0.6) is 0 Å². The van der Waals surface area contributed by atoms with E-state index in [4.69, 9.17) is 0 Å². The number of rotatable bonds is 2. The summed E-state index contributed by atoms with van der Waals surface area (Å²) in [6, 6.07) is 16.3. The number of ketones is 2. The van der Waals surface area contributed by atoms with Crippen LogP contribution in [0.15, 0.2) is 54.6 Å². The van der Waals surface area contributed by atoms with Gasteiger partial charge in [-0.2, -0.15) is 0 Å². The van der Waals surface area contributed by atoms with Crippen LogP contribution in [0.25, 0.3) is 6.08 Å². The molecule has 0 bridgehead atoms. The van der Waals surface area contributed by atoms with E-state index in [1.165, 1.54) is 5.56 Å². The van der Waals surface area contributed by atoms with Crippen LogP contribution in [-0.2, 0) is 21.4 Å². The standard InChI is InChI=1S/C23H22O2/c1-16-10-13-20-18(14-16)15-19(12-11-17-6-3-2-4-7-17)23(20)21(24)8-5-9-22(23)25/h2-4,6-7,10-14,19H,5,8-9,15H2,1H3/b12-11+. The molecule has 2 aromatic rings. The van der Waals surface area contributed by atoms with Gasteiger partial charge in [-0.05, 0) is 36.5 Å². The molecule has 0 saturated heterocycles. The summed E-state index contributed by atoms with van der Waals surface area (Å²) >= 11 is 0. The molecule has 1 fully saturated rings. The molecular weight excluding hydrogens is 308 g/mol. The van der Waals surface area contributed by atoms with Gasteiger partial charge in [-0.3, -0.25) is 9.59 Å². The summed E-state index contributed by atoms with van der Waals surface area (Å²) in [4.78, 5) is 26.1. The van der Waals surface area contributed by atoms with Gasteiger partial charge in [-0.25, -0.2) is 0 Å². The quantitative estimate of drug-likeness (QED) is 0.763. The van der Waals surface area contributed by atoms with Crippen molar-refractivity contribution in [3.63, 3.8) is 0 Å². The molecule has 0 N–H and O–H groups in total. The highest BCUT2D eigenvalue weighted by molar-refractivity contribution is 6.15. The van der Waals surface area contributed by atoms with Crippen molar-refractivity contribution >= 4 is 17.6 Å². The lowest BCUT2D eigenvalue weighted by atomic mass is 9.63. The van der Waals surface area contributed by atoms with Gasteiger partial charge in [0.2, 0.25) is 0 Å². The number of hydrogen-bond acceptors (Lipinski definition) is 2. The third-order valence-electron chi connectivity index (χ3n) is 5.69. The van der Waals surface area contributed by atoms with E-state index in [0.717, 1.165) is 23.1 Å². The fourth-order valence-corrected chi connectivity index (χ4v) is 4.54. The maximum atomic E-state index is 13.0. The van der Waals surface area contributed by atoms with E-state index in [9.17, 15) is 9.59 Å². The number of allylic oxidation sites excluding steroid dienone is 1. The fourth-order valence-electron chi connectivity index (χ4n) is 4.54. The lowest BCUT2D eigenvalue weighted by molar-refractivity contribution is -0.139. The Kier molecular flexibility index (Phi) is 3.91. The Balaban J connectivity index is 1.82. The maximum Gasteiger partial charge on any atom is 0.151 e. The van der Waals surface area contributed by atoms with Crippen molar-refractivity contribution in [2.45, 2.75) is 38.0 Å². The molecule has 2 aromatic carbocycles. The van der Waals surface area contributed by atoms with E-state index in [2.05, 4.69) is 25.1 Å². The second-order valence-electron chi connectivity index (χ2n) is 7.25. The average Bonchev–Trinajstić information content (AvgIpc) is 2.93. The first-order valence-corrected chi connectivity index (χ1v) is 9.02. The van der Waals surface area contributed by atoms with Crippen LogP contribution in [-0.4, -0.2) is 11.6 Å². The Morgan fingerprint density at radius 2 is 1.72 bits per heavy atom. The Labute approximate surface area is 148 Å². The largest absolute Gasteiger partial charge is 0.298 e. The number of benzene rings is 2. The molecular formula is C23H22O2. The van der Waals surface area contributed by atoms with E-state index in [1.54, 1.807) is 0 Å². The number of Topliss-reactive ketones (excluding diaryl/α,β-unsaturated/α-hetero) is 2. The molecule has 2 aliphatic carbocycles. The first kappa shape index (κ1) is 16.0. The lowest BCUT2D eigenvalue weighted by Crippen LogP contribution is -2.49. The maximum absolute atomic E-state index is 13.0. The molecule has 0 heterocycles. The van der Waals surface area contributed by atoms with E-state index < -0.39 is 5.41 Å². The molecule has 25 heavy (non-hydrogen) atoms. The predicted molar refractivity (Wildman–Crippen MR) is 99.4 cm³/mol. The zero-order chi connectivity index (χ0) is 17.4. The Bertz CT molecular complexity index is 845. The molecule has 0 aliphatic heterocycles. The zero-order valence-corrected chi connectivity index (χ0v) is 14.5. The van der Waals surface area contributed by atoms with Gasteiger partial charge in [0.15, 0.2) is 11.6 Å². The third-order valence-corrected chi connectivity index (χ3v) is 5.69. The number of carbonyl (C=O) groups excluding carboxylic acids is 2. The molecule has 1 atom stereocenters. The van der Waals surface area contributed by atoms with Crippen molar-refractivity contribution in [1.29, 1.82) is 0 Å². The summed E-state index contributed by atoms with van der Waals surface area (Å²) in [7, 11) is 0. The fraction of sp³-hybridized carbons (Fsp3) is 0.304. The van der Waals surface area contributed by atoms with Crippen LogP contribution in [0, 0.1) is 12.8 Å². The van der Waals surface area contributed by atoms with Gasteiger partial charge in [0.05, 0.1) is 0 Å². The molecule has 0 amide bonds. The predicted octanol–water partition coefficient (Wildman–Crippen LogP) is 4.44. The van der Waals surface area contributed by atoms with Gasteiger partial charge < -0.3 is 0 Å². The number of aryl methyl sites for hydroxylation is 1. The molecule has 1 unspecified atom stereocenters. The van der Waals surface area contributed by atoms with Gasteiger partial charge in [-0.1, -0.05) is 66.2 Å². The summed E-state index contributed by atoms with van der Waals surface area (Å²) in [5.41, 5.74) is 3.44. The van der Waals surface area contributed by atoms with Gasteiger partial charge in [-0.15, -0.1) is 0 Å². The van der Waals surface area contributed by atoms with Crippen LogP contribution in [0.2, 0.25) is 0 Å². The second kappa shape index (κ2) is 6.11. The van der Waals surface area contributed by atoms with Gasteiger partial charge in [0, 0.05) is 18.8 Å². The highest BCUT2D eigenvalue weighted by Crippen LogP contribution is 2.49. The van der Waals surface area contributed by atoms with Crippen LogP contribution >= 0.6 is 0 Å². The topological polar surface area (TPSA) is 34.1 Å². The smallest absolute Gasteiger partial charge is 0.151 e. The summed E-state index contributed by atoms with van der Waals surface area (Å²) in [5, 5.41) is 0. The highest BCUT2D eigenvalue weighted by Gasteiger charge is 2.56. The number of fused-ring (bicyclic) bond motifs is 2. The first-order valence-electron chi connectivity index (χ1n) is 9.02. The van der Waals surface area contributed by atoms with Crippen LogP contribution in [0.3, 0.4) is 0 Å². The second-order valence-corrected chi connectivity index (χ2v) is 7.25. The molecule has 0 aromatic heterocycles. The Hall–Kier alpha value is -2.48. The van der Waals surface area contributed by atoms with E-state index in [0.29, 0.717) is 19.3 Å². The minimum absolute atomic E-state index is 0.0789. The van der Waals surface area contributed by atoms with Crippen molar-refractivity contribution < 1.29 is 9.59 Å². The highest BCUT2D eigenvalue weighted by atomic mass is 16.2. The molecule has 0 radical (unpaired) electrons. The van der Waals surface area contributed by atoms with E-state index in [1.807, 2.05) is 42.5 Å². The summed E-state index contributed by atoms with van der Waals surface area (Å²) in [5.74, 6) is 0.132. The van der Waals surface area contributed by atoms with Crippen molar-refractivity contribution in [2.24, 2.45) is 5.92 Å². The first-order chi connectivity index (χ1) is 12.1. The van der Waals surface area contributed by atoms with Gasteiger partial charge >= 0.3 is 0 Å². The SMILES string of the molecule is Cc1ccc2c(c1)CC(/C=C/c1ccccc1)C21C(=O)CCCC1=O. The minimum atomic E-state index is -0.952. The van der Waals surface area contributed by atoms with Crippen LogP contribution < -0.4 is 0 Å². The normalized spacial score (nSPS) is 21.9. The van der Waals surface area contributed by atoms with E-state index in [-0.39, 0.29) is 17.5 Å². The molecule has 4 rings (SSSR count). The molecule has 2 nitrogen and oxygen atoms in total. The van der Waals surface area contributed by atoms with Gasteiger partial charge in [0.25, 0.3) is 0 Å². The van der Waals surface area contributed by atoms with Crippen molar-refractivity contribution in [3.8, 4) is 0 Å². The number of carbonyl (C=O) groups is 2. The monoisotopic (exact) mass is 330 g/mol. The molecule has 1 spiro atoms. The van der Waals surface area contributed by atoms with Crippen molar-refractivity contribution in [3.05, 3.63) is 76.9 Å². The molecule has 1 saturated carbocycles. The van der Waals surface area contributed by atoms with Gasteiger partial charge in [0.1, 0.15) is 5.41 Å². The Morgan fingerprint density at radius 1 is 1.00 bits per heavy atom. The minimum Gasteiger partial charge on any atom is -0.298 e. The summed E-state index contributed by atoms with van der Waals surface area (Å²) in [6.45, 7) is 2.06. The Morgan fingerprint density at radius 3 is 2.44 bits per heavy atom.